The molecule has 4 rings (SSSR count). The maximum Gasteiger partial charge on any atom is 0.107 e. The average Bonchev–Trinajstić information content (AvgIpc) is 2.75. The van der Waals surface area contributed by atoms with Crippen LogP contribution in [0.4, 0.5) is 0 Å². The van der Waals surface area contributed by atoms with Crippen LogP contribution in [-0.2, 0) is 9.78 Å². The van der Waals surface area contributed by atoms with Crippen molar-refractivity contribution in [3.05, 3.63) is 84.9 Å². The van der Waals surface area contributed by atoms with Crippen LogP contribution in [0.2, 0.25) is 6.04 Å². The minimum absolute atomic E-state index is 0.340. The zero-order valence-electron chi connectivity index (χ0n) is 19.2. The summed E-state index contributed by atoms with van der Waals surface area (Å²) in [5.41, 5.74) is -0.745. The maximum atomic E-state index is 6.03. The van der Waals surface area contributed by atoms with Crippen molar-refractivity contribution >= 4 is 40.7 Å². The third-order valence-corrected chi connectivity index (χ3v) is 9.51. The van der Waals surface area contributed by atoms with E-state index in [1.165, 1.54) is 31.9 Å². The van der Waals surface area contributed by atoms with Crippen molar-refractivity contribution in [3.63, 3.8) is 0 Å². The van der Waals surface area contributed by atoms with Gasteiger partial charge in [-0.25, -0.2) is 9.78 Å². The lowest BCUT2D eigenvalue weighted by molar-refractivity contribution is -0.393. The van der Waals surface area contributed by atoms with E-state index in [0.29, 0.717) is 0 Å². The van der Waals surface area contributed by atoms with Gasteiger partial charge in [0, 0.05) is 0 Å². The first-order chi connectivity index (χ1) is 14.7. The summed E-state index contributed by atoms with van der Waals surface area (Å²) in [6.45, 7) is 10.4. The molecule has 3 heteroatoms. The topological polar surface area (TPSA) is 18.5 Å². The molecule has 0 spiro atoms. The van der Waals surface area contributed by atoms with Crippen LogP contribution >= 0.6 is 0 Å². The van der Waals surface area contributed by atoms with Gasteiger partial charge in [0.25, 0.3) is 0 Å². The molecule has 0 aliphatic carbocycles. The largest absolute Gasteiger partial charge is 0.230 e. The van der Waals surface area contributed by atoms with Crippen LogP contribution in [-0.4, -0.2) is 20.0 Å². The molecule has 0 aliphatic heterocycles. The van der Waals surface area contributed by atoms with Crippen LogP contribution in [0.25, 0.3) is 21.5 Å². The normalized spacial score (nSPS) is 12.7. The van der Waals surface area contributed by atoms with E-state index in [2.05, 4.69) is 98.8 Å². The number of hydrogen-bond donors (Lipinski definition) is 0. The van der Waals surface area contributed by atoms with Gasteiger partial charge in [-0.3, -0.25) is 0 Å². The summed E-state index contributed by atoms with van der Waals surface area (Å²) in [6, 6.07) is 31.8. The number of benzene rings is 4. The fourth-order valence-corrected chi connectivity index (χ4v) is 8.05. The highest BCUT2D eigenvalue weighted by Crippen LogP contribution is 2.25. The van der Waals surface area contributed by atoms with Crippen LogP contribution in [0.1, 0.15) is 34.6 Å². The van der Waals surface area contributed by atoms with Gasteiger partial charge in [-0.05, 0) is 62.2 Å². The van der Waals surface area contributed by atoms with Crippen LogP contribution in [0.5, 0.6) is 0 Å². The first-order valence-corrected chi connectivity index (χ1v) is 13.0. The van der Waals surface area contributed by atoms with Crippen molar-refractivity contribution in [2.75, 3.05) is 0 Å². The zero-order valence-corrected chi connectivity index (χ0v) is 20.3. The monoisotopic (exact) mass is 428 g/mol. The van der Waals surface area contributed by atoms with Crippen molar-refractivity contribution in [2.45, 2.75) is 51.9 Å². The van der Waals surface area contributed by atoms with Crippen molar-refractivity contribution in [2.24, 2.45) is 0 Å². The summed E-state index contributed by atoms with van der Waals surface area (Å²) in [7, 11) is -1.67. The Bertz CT molecular complexity index is 1100. The SMILES string of the molecule is CC(C)(C)OOC(C)(C)C[SiH](c1cccc2ccccc12)c1cccc2ccccc12. The summed E-state index contributed by atoms with van der Waals surface area (Å²) in [6.07, 6.45) is 0. The predicted molar refractivity (Wildman–Crippen MR) is 135 cm³/mol. The number of fused-ring (bicyclic) bond motifs is 2. The van der Waals surface area contributed by atoms with Gasteiger partial charge in [0.05, 0.1) is 11.2 Å². The predicted octanol–water partition coefficient (Wildman–Crippen LogP) is 5.86. The van der Waals surface area contributed by atoms with Gasteiger partial charge in [0.1, 0.15) is 8.80 Å². The molecule has 160 valence electrons. The molecule has 4 aromatic carbocycles. The molecular weight excluding hydrogens is 396 g/mol. The van der Waals surface area contributed by atoms with Crippen molar-refractivity contribution < 1.29 is 9.78 Å². The Kier molecular flexibility index (Phi) is 6.02. The van der Waals surface area contributed by atoms with E-state index >= 15 is 0 Å². The molecule has 0 aliphatic rings. The van der Waals surface area contributed by atoms with E-state index < -0.39 is 14.4 Å². The molecule has 0 unspecified atom stereocenters. The molecule has 0 heterocycles. The quantitative estimate of drug-likeness (QED) is 0.218. The Labute approximate surface area is 187 Å². The molecule has 0 radical (unpaired) electrons. The molecule has 0 amide bonds. The van der Waals surface area contributed by atoms with E-state index in [0.717, 1.165) is 6.04 Å². The first-order valence-electron chi connectivity index (χ1n) is 11.1. The Balaban J connectivity index is 1.85. The van der Waals surface area contributed by atoms with Gasteiger partial charge in [0.2, 0.25) is 0 Å². The highest BCUT2D eigenvalue weighted by atomic mass is 28.3. The standard InChI is InChI=1S/C28H32O2Si/c1-27(2,3)29-30-28(4,5)20-31(25-18-10-14-21-12-6-8-16-23(21)25)26-19-11-15-22-13-7-9-17-24(22)26/h6-19,31H,20H2,1-5H3. The third kappa shape index (κ3) is 5.07. The van der Waals surface area contributed by atoms with Crippen molar-refractivity contribution in [3.8, 4) is 0 Å². The Morgan fingerprint density at radius 3 is 1.52 bits per heavy atom. The molecule has 31 heavy (non-hydrogen) atoms. The molecule has 0 atom stereocenters. The van der Waals surface area contributed by atoms with Gasteiger partial charge >= 0.3 is 0 Å². The molecule has 2 nitrogen and oxygen atoms in total. The third-order valence-electron chi connectivity index (χ3n) is 5.61. The Morgan fingerprint density at radius 1 is 0.581 bits per heavy atom. The molecule has 0 fully saturated rings. The minimum atomic E-state index is -1.67. The maximum absolute atomic E-state index is 6.03. The number of rotatable bonds is 6. The summed E-state index contributed by atoms with van der Waals surface area (Å²) in [5.74, 6) is 0. The second kappa shape index (κ2) is 8.58. The molecule has 0 saturated carbocycles. The van der Waals surface area contributed by atoms with Crippen LogP contribution in [0.15, 0.2) is 84.9 Å². The molecule has 0 saturated heterocycles. The molecule has 0 bridgehead atoms. The zero-order chi connectivity index (χ0) is 22.1. The second-order valence-corrected chi connectivity index (χ2v) is 12.7. The summed E-state index contributed by atoms with van der Waals surface area (Å²) in [4.78, 5) is 11.8. The van der Waals surface area contributed by atoms with Gasteiger partial charge in [-0.1, -0.05) is 95.3 Å². The van der Waals surface area contributed by atoms with Crippen LogP contribution < -0.4 is 10.4 Å². The highest BCUT2D eigenvalue weighted by Gasteiger charge is 2.32. The molecule has 0 aromatic heterocycles. The van der Waals surface area contributed by atoms with Crippen molar-refractivity contribution in [1.29, 1.82) is 0 Å². The van der Waals surface area contributed by atoms with Gasteiger partial charge in [-0.2, -0.15) is 0 Å². The van der Waals surface area contributed by atoms with Crippen LogP contribution in [0, 0.1) is 0 Å². The average molecular weight is 429 g/mol. The highest BCUT2D eigenvalue weighted by molar-refractivity contribution is 6.88. The lowest BCUT2D eigenvalue weighted by Crippen LogP contribution is -2.48. The van der Waals surface area contributed by atoms with Crippen molar-refractivity contribution in [1.82, 2.24) is 0 Å². The van der Waals surface area contributed by atoms with Gasteiger partial charge in [-0.15, -0.1) is 0 Å². The van der Waals surface area contributed by atoms with E-state index in [1.807, 2.05) is 20.8 Å². The lowest BCUT2D eigenvalue weighted by Gasteiger charge is -2.32. The van der Waals surface area contributed by atoms with E-state index in [1.54, 1.807) is 0 Å². The Morgan fingerprint density at radius 2 is 1.03 bits per heavy atom. The number of hydrogen-bond acceptors (Lipinski definition) is 2. The van der Waals surface area contributed by atoms with E-state index in [9.17, 15) is 0 Å². The summed E-state index contributed by atoms with van der Waals surface area (Å²) in [5, 5.41) is 8.21. The lowest BCUT2D eigenvalue weighted by atomic mass is 10.1. The summed E-state index contributed by atoms with van der Waals surface area (Å²) >= 11 is 0. The molecular formula is C28H32O2Si. The minimum Gasteiger partial charge on any atom is -0.230 e. The fourth-order valence-electron chi connectivity index (χ4n) is 4.26. The van der Waals surface area contributed by atoms with E-state index in [4.69, 9.17) is 9.78 Å². The van der Waals surface area contributed by atoms with Gasteiger partial charge in [0.15, 0.2) is 0 Å². The van der Waals surface area contributed by atoms with E-state index in [-0.39, 0.29) is 5.60 Å². The molecule has 4 aromatic rings. The van der Waals surface area contributed by atoms with Gasteiger partial charge < -0.3 is 0 Å². The first kappa shape index (κ1) is 21.8. The molecule has 0 N–H and O–H groups in total. The van der Waals surface area contributed by atoms with Crippen LogP contribution in [0.3, 0.4) is 0 Å². The second-order valence-electron chi connectivity index (χ2n) is 9.93. The summed E-state index contributed by atoms with van der Waals surface area (Å²) < 4.78 is 0. The fraction of sp³-hybridized carbons (Fsp3) is 0.286. The Hall–Kier alpha value is -2.46. The smallest absolute Gasteiger partial charge is 0.107 e.